The second-order valence-corrected chi connectivity index (χ2v) is 6.89. The van der Waals surface area contributed by atoms with Crippen molar-refractivity contribution in [1.29, 1.82) is 0 Å². The molecule has 0 radical (unpaired) electrons. The first-order valence-corrected chi connectivity index (χ1v) is 9.69. The van der Waals surface area contributed by atoms with Crippen LogP contribution in [-0.2, 0) is 11.2 Å². The second-order valence-electron chi connectivity index (χ2n) is 6.89. The zero-order chi connectivity index (χ0) is 21.6. The number of aromatic nitrogens is 2. The van der Waals surface area contributed by atoms with Gasteiger partial charge in [0.1, 0.15) is 17.6 Å². The molecule has 4 rings (SSSR count). The summed E-state index contributed by atoms with van der Waals surface area (Å²) >= 11 is 0. The first-order chi connectivity index (χ1) is 15.1. The molecule has 6 nitrogen and oxygen atoms in total. The standard InChI is InChI=1S/C24H20FN3O3/c1-30-20-13-7-16(8-14-20)15-21(29)26-22(17-9-11-19(25)12-10-17)24-28-27-23(31-24)18-5-3-2-4-6-18/h2-14,22H,15H2,1H3,(H,26,29)/t22-/m1/s1. The van der Waals surface area contributed by atoms with Crippen molar-refractivity contribution in [2.45, 2.75) is 12.5 Å². The summed E-state index contributed by atoms with van der Waals surface area (Å²) in [7, 11) is 1.59. The topological polar surface area (TPSA) is 77.2 Å². The Hall–Kier alpha value is -4.00. The van der Waals surface area contributed by atoms with Crippen LogP contribution in [0.2, 0.25) is 0 Å². The molecule has 0 unspecified atom stereocenters. The van der Waals surface area contributed by atoms with Crippen LogP contribution in [0, 0.1) is 5.82 Å². The average molecular weight is 417 g/mol. The Labute approximate surface area is 178 Å². The number of rotatable bonds is 7. The monoisotopic (exact) mass is 417 g/mol. The lowest BCUT2D eigenvalue weighted by Crippen LogP contribution is -2.30. The first kappa shape index (κ1) is 20.3. The molecule has 1 aromatic heterocycles. The van der Waals surface area contributed by atoms with E-state index in [9.17, 15) is 9.18 Å². The Balaban J connectivity index is 1.58. The van der Waals surface area contributed by atoms with Crippen molar-refractivity contribution in [3.05, 3.63) is 102 Å². The van der Waals surface area contributed by atoms with E-state index in [1.54, 1.807) is 31.4 Å². The lowest BCUT2D eigenvalue weighted by Gasteiger charge is -2.16. The van der Waals surface area contributed by atoms with Gasteiger partial charge < -0.3 is 14.5 Å². The fourth-order valence-electron chi connectivity index (χ4n) is 3.13. The molecule has 0 saturated carbocycles. The molecule has 1 heterocycles. The van der Waals surface area contributed by atoms with Crippen molar-refractivity contribution >= 4 is 5.91 Å². The van der Waals surface area contributed by atoms with E-state index in [4.69, 9.17) is 9.15 Å². The minimum absolute atomic E-state index is 0.154. The number of hydrogen-bond donors (Lipinski definition) is 1. The van der Waals surface area contributed by atoms with Gasteiger partial charge in [0.2, 0.25) is 17.7 Å². The van der Waals surface area contributed by atoms with Gasteiger partial charge in [-0.1, -0.05) is 42.5 Å². The van der Waals surface area contributed by atoms with Crippen molar-refractivity contribution in [1.82, 2.24) is 15.5 Å². The summed E-state index contributed by atoms with van der Waals surface area (Å²) in [6.07, 6.45) is 0.154. The van der Waals surface area contributed by atoms with Crippen LogP contribution in [0.15, 0.2) is 83.3 Å². The lowest BCUT2D eigenvalue weighted by molar-refractivity contribution is -0.121. The van der Waals surface area contributed by atoms with Crippen molar-refractivity contribution < 1.29 is 18.3 Å². The number of ether oxygens (including phenoxy) is 1. The SMILES string of the molecule is COc1ccc(CC(=O)N[C@H](c2ccc(F)cc2)c2nnc(-c3ccccc3)o2)cc1. The number of nitrogens with zero attached hydrogens (tertiary/aromatic N) is 2. The minimum Gasteiger partial charge on any atom is -0.497 e. The van der Waals surface area contributed by atoms with Crippen molar-refractivity contribution in [2.75, 3.05) is 7.11 Å². The highest BCUT2D eigenvalue weighted by atomic mass is 19.1. The number of benzene rings is 3. The van der Waals surface area contributed by atoms with Gasteiger partial charge in [0, 0.05) is 5.56 Å². The first-order valence-electron chi connectivity index (χ1n) is 9.69. The molecule has 0 aliphatic rings. The highest BCUT2D eigenvalue weighted by Crippen LogP contribution is 2.25. The zero-order valence-electron chi connectivity index (χ0n) is 16.8. The summed E-state index contributed by atoms with van der Waals surface area (Å²) in [5.41, 5.74) is 2.23. The number of carbonyl (C=O) groups is 1. The minimum atomic E-state index is -0.712. The van der Waals surface area contributed by atoms with Gasteiger partial charge in [-0.05, 0) is 47.5 Å². The third-order valence-electron chi connectivity index (χ3n) is 4.74. The Kier molecular flexibility index (Phi) is 6.03. The van der Waals surface area contributed by atoms with Gasteiger partial charge in [-0.2, -0.15) is 0 Å². The van der Waals surface area contributed by atoms with E-state index in [2.05, 4.69) is 15.5 Å². The van der Waals surface area contributed by atoms with E-state index < -0.39 is 6.04 Å². The summed E-state index contributed by atoms with van der Waals surface area (Å²) in [4.78, 5) is 12.8. The van der Waals surface area contributed by atoms with Crippen LogP contribution < -0.4 is 10.1 Å². The van der Waals surface area contributed by atoms with Gasteiger partial charge in [0.15, 0.2) is 0 Å². The fraction of sp³-hybridized carbons (Fsp3) is 0.125. The molecule has 3 aromatic carbocycles. The van der Waals surface area contributed by atoms with Crippen molar-refractivity contribution in [3.8, 4) is 17.2 Å². The fourth-order valence-corrected chi connectivity index (χ4v) is 3.13. The molecule has 0 fully saturated rings. The highest BCUT2D eigenvalue weighted by molar-refractivity contribution is 5.79. The third-order valence-corrected chi connectivity index (χ3v) is 4.74. The van der Waals surface area contributed by atoms with Crippen LogP contribution in [0.4, 0.5) is 4.39 Å². The molecule has 156 valence electrons. The Morgan fingerprint density at radius 2 is 1.71 bits per heavy atom. The quantitative estimate of drug-likeness (QED) is 0.484. The van der Waals surface area contributed by atoms with Crippen molar-refractivity contribution in [3.63, 3.8) is 0 Å². The van der Waals surface area contributed by atoms with Gasteiger partial charge in [0.05, 0.1) is 13.5 Å². The van der Waals surface area contributed by atoms with Crippen LogP contribution in [0.5, 0.6) is 5.75 Å². The lowest BCUT2D eigenvalue weighted by atomic mass is 10.1. The van der Waals surface area contributed by atoms with Gasteiger partial charge in [-0.25, -0.2) is 4.39 Å². The van der Waals surface area contributed by atoms with Gasteiger partial charge in [-0.15, -0.1) is 10.2 Å². The van der Waals surface area contributed by atoms with E-state index in [1.165, 1.54) is 12.1 Å². The molecule has 1 amide bonds. The summed E-state index contributed by atoms with van der Waals surface area (Å²) < 4.78 is 24.4. The highest BCUT2D eigenvalue weighted by Gasteiger charge is 2.23. The predicted octanol–water partition coefficient (Wildman–Crippen LogP) is 4.33. The molecule has 0 aliphatic carbocycles. The Morgan fingerprint density at radius 1 is 1.00 bits per heavy atom. The molecule has 1 N–H and O–H groups in total. The summed E-state index contributed by atoms with van der Waals surface area (Å²) in [5.74, 6) is 0.662. The van der Waals surface area contributed by atoms with Crippen LogP contribution in [0.1, 0.15) is 23.1 Å². The summed E-state index contributed by atoms with van der Waals surface area (Å²) in [6.45, 7) is 0. The maximum Gasteiger partial charge on any atom is 0.247 e. The maximum atomic E-state index is 13.4. The normalized spacial score (nSPS) is 11.7. The molecule has 31 heavy (non-hydrogen) atoms. The van der Waals surface area contributed by atoms with Gasteiger partial charge in [0.25, 0.3) is 0 Å². The number of amides is 1. The molecule has 0 spiro atoms. The molecular weight excluding hydrogens is 397 g/mol. The van der Waals surface area contributed by atoms with Crippen LogP contribution in [0.3, 0.4) is 0 Å². The van der Waals surface area contributed by atoms with Crippen LogP contribution in [0.25, 0.3) is 11.5 Å². The van der Waals surface area contributed by atoms with Gasteiger partial charge >= 0.3 is 0 Å². The smallest absolute Gasteiger partial charge is 0.247 e. The summed E-state index contributed by atoms with van der Waals surface area (Å²) in [6, 6.07) is 21.7. The summed E-state index contributed by atoms with van der Waals surface area (Å²) in [5, 5.41) is 11.2. The number of hydrogen-bond acceptors (Lipinski definition) is 5. The molecule has 0 aliphatic heterocycles. The Morgan fingerprint density at radius 3 is 2.39 bits per heavy atom. The average Bonchev–Trinajstić information content (AvgIpc) is 3.29. The maximum absolute atomic E-state index is 13.4. The van der Waals surface area contributed by atoms with E-state index in [0.29, 0.717) is 17.2 Å². The van der Waals surface area contributed by atoms with Crippen LogP contribution >= 0.6 is 0 Å². The molecule has 0 bridgehead atoms. The Bertz CT molecular complexity index is 1140. The van der Waals surface area contributed by atoms with E-state index in [1.807, 2.05) is 42.5 Å². The van der Waals surface area contributed by atoms with E-state index in [-0.39, 0.29) is 24.0 Å². The van der Waals surface area contributed by atoms with Gasteiger partial charge in [-0.3, -0.25) is 4.79 Å². The largest absolute Gasteiger partial charge is 0.497 e. The number of halogens is 1. The predicted molar refractivity (Wildman–Crippen MR) is 113 cm³/mol. The van der Waals surface area contributed by atoms with E-state index >= 15 is 0 Å². The van der Waals surface area contributed by atoms with Crippen molar-refractivity contribution in [2.24, 2.45) is 0 Å². The number of nitrogens with one attached hydrogen (secondary N) is 1. The van der Waals surface area contributed by atoms with E-state index in [0.717, 1.165) is 11.1 Å². The molecule has 1 atom stereocenters. The molecular formula is C24H20FN3O3. The second kappa shape index (κ2) is 9.21. The zero-order valence-corrected chi connectivity index (χ0v) is 16.8. The molecule has 0 saturated heterocycles. The third kappa shape index (κ3) is 4.95. The van der Waals surface area contributed by atoms with Crippen LogP contribution in [-0.4, -0.2) is 23.2 Å². The molecule has 7 heteroatoms. The number of carbonyl (C=O) groups excluding carboxylic acids is 1. The molecule has 4 aromatic rings. The number of methoxy groups -OCH3 is 1.